The average Bonchev–Trinajstić information content (AvgIpc) is 3.44. The maximum Gasteiger partial charge on any atom is 0.495 e. The number of rotatable bonds is 7. The van der Waals surface area contributed by atoms with Crippen LogP contribution in [0, 0.1) is 0 Å². The minimum Gasteiger partial charge on any atom is -0.457 e. The Morgan fingerprint density at radius 1 is 0.619 bits per heavy atom. The lowest BCUT2D eigenvalue weighted by Gasteiger charge is -2.21. The summed E-state index contributed by atoms with van der Waals surface area (Å²) in [6.07, 6.45) is 5.78. The predicted octanol–water partition coefficient (Wildman–Crippen LogP) is 9.24. The standard InChI is InChI=1S/C37H33N3O2/c1-37(2,3)30-20-29(22-35(24-30)41-32-12-6-5-7-13-32)27-16-17-38-36(23-27)28-10-8-14-33(21-28)42-34-15-9-11-31(25-34)40-19-18-39(4)26-40/h5-25H,1-4H3/q+2. The van der Waals surface area contributed by atoms with Gasteiger partial charge < -0.3 is 9.47 Å². The van der Waals surface area contributed by atoms with Gasteiger partial charge in [0.2, 0.25) is 11.9 Å². The second-order valence-corrected chi connectivity index (χ2v) is 11.3. The molecule has 2 heterocycles. The van der Waals surface area contributed by atoms with Crippen molar-refractivity contribution in [1.29, 1.82) is 0 Å². The van der Waals surface area contributed by atoms with E-state index < -0.39 is 0 Å². The molecule has 0 bridgehead atoms. The van der Waals surface area contributed by atoms with E-state index in [0.717, 1.165) is 51.1 Å². The van der Waals surface area contributed by atoms with Crippen molar-refractivity contribution in [2.75, 3.05) is 7.05 Å². The number of nitrogens with zero attached hydrogens (tertiary/aromatic N) is 3. The summed E-state index contributed by atoms with van der Waals surface area (Å²) < 4.78 is 16.4. The first-order valence-corrected chi connectivity index (χ1v) is 14.0. The van der Waals surface area contributed by atoms with Gasteiger partial charge in [0.1, 0.15) is 23.0 Å². The van der Waals surface area contributed by atoms with Gasteiger partial charge in [0.25, 0.3) is 6.20 Å². The van der Waals surface area contributed by atoms with Crippen LogP contribution in [-0.4, -0.2) is 27.2 Å². The van der Waals surface area contributed by atoms with E-state index in [1.54, 1.807) is 0 Å². The van der Waals surface area contributed by atoms with Crippen LogP contribution >= 0.6 is 0 Å². The summed E-state index contributed by atoms with van der Waals surface area (Å²) in [5.41, 5.74) is 6.13. The highest BCUT2D eigenvalue weighted by Gasteiger charge is 2.18. The SMILES string of the molecule is C[N+]1=C=[N+](c2cccc(Oc3cccc(-c4cc(-c5cc(Oc6ccccc6)cc(C(C)(C)C)c5)ccn4)c3)c2)C=C1. The quantitative estimate of drug-likeness (QED) is 0.189. The minimum atomic E-state index is -0.0410. The first kappa shape index (κ1) is 26.9. The van der Waals surface area contributed by atoms with E-state index in [2.05, 4.69) is 57.1 Å². The van der Waals surface area contributed by atoms with Crippen LogP contribution in [0.25, 0.3) is 22.4 Å². The number of para-hydroxylation sites is 1. The molecule has 1 aliphatic heterocycles. The lowest BCUT2D eigenvalue weighted by atomic mass is 9.85. The van der Waals surface area contributed by atoms with Crippen molar-refractivity contribution in [3.05, 3.63) is 133 Å². The van der Waals surface area contributed by atoms with Crippen LogP contribution in [0.15, 0.2) is 128 Å². The van der Waals surface area contributed by atoms with Gasteiger partial charge in [0.05, 0.1) is 11.8 Å². The zero-order valence-corrected chi connectivity index (χ0v) is 24.3. The molecule has 42 heavy (non-hydrogen) atoms. The van der Waals surface area contributed by atoms with E-state index in [1.807, 2.05) is 114 Å². The molecule has 0 atom stereocenters. The average molecular weight is 552 g/mol. The lowest BCUT2D eigenvalue weighted by molar-refractivity contribution is -0.429. The number of benzene rings is 4. The molecule has 1 aliphatic rings. The monoisotopic (exact) mass is 551 g/mol. The molecule has 206 valence electrons. The lowest BCUT2D eigenvalue weighted by Crippen LogP contribution is -2.11. The Kier molecular flexibility index (Phi) is 7.26. The van der Waals surface area contributed by atoms with Gasteiger partial charge in [0.15, 0.2) is 7.05 Å². The first-order valence-electron chi connectivity index (χ1n) is 14.0. The summed E-state index contributed by atoms with van der Waals surface area (Å²) in [6, 6.07) is 39.7. The van der Waals surface area contributed by atoms with Crippen molar-refractivity contribution in [3.8, 4) is 45.4 Å². The van der Waals surface area contributed by atoms with Gasteiger partial charge in [-0.3, -0.25) is 4.98 Å². The molecule has 0 saturated carbocycles. The molecular weight excluding hydrogens is 518 g/mol. The summed E-state index contributed by atoms with van der Waals surface area (Å²) in [4.78, 5) is 4.70. The highest BCUT2D eigenvalue weighted by molar-refractivity contribution is 5.72. The predicted molar refractivity (Wildman–Crippen MR) is 167 cm³/mol. The van der Waals surface area contributed by atoms with Crippen molar-refractivity contribution >= 4 is 11.7 Å². The van der Waals surface area contributed by atoms with Crippen LogP contribution < -0.4 is 9.47 Å². The van der Waals surface area contributed by atoms with E-state index >= 15 is 0 Å². The third-order valence-electron chi connectivity index (χ3n) is 7.01. The zero-order chi connectivity index (χ0) is 29.1. The number of ether oxygens (including phenoxy) is 2. The summed E-state index contributed by atoms with van der Waals surface area (Å²) >= 11 is 0. The van der Waals surface area contributed by atoms with E-state index in [0.29, 0.717) is 0 Å². The molecule has 0 radical (unpaired) electrons. The van der Waals surface area contributed by atoms with Gasteiger partial charge >= 0.3 is 6.01 Å². The third kappa shape index (κ3) is 6.22. The van der Waals surface area contributed by atoms with Crippen molar-refractivity contribution in [1.82, 2.24) is 4.98 Å². The maximum absolute atomic E-state index is 6.27. The van der Waals surface area contributed by atoms with E-state index in [1.165, 1.54) is 5.56 Å². The fourth-order valence-electron chi connectivity index (χ4n) is 4.75. The third-order valence-corrected chi connectivity index (χ3v) is 7.01. The van der Waals surface area contributed by atoms with Gasteiger partial charge in [-0.2, -0.15) is 0 Å². The van der Waals surface area contributed by atoms with E-state index in [9.17, 15) is 0 Å². The molecular formula is C37H33N3O2+2. The summed E-state index contributed by atoms with van der Waals surface area (Å²) in [6.45, 7) is 6.65. The number of aromatic nitrogens is 1. The Morgan fingerprint density at radius 2 is 1.33 bits per heavy atom. The highest BCUT2D eigenvalue weighted by Crippen LogP contribution is 2.36. The summed E-state index contributed by atoms with van der Waals surface area (Å²) in [5.74, 6) is 3.12. The van der Waals surface area contributed by atoms with E-state index in [-0.39, 0.29) is 5.41 Å². The molecule has 4 aromatic carbocycles. The Balaban J connectivity index is 1.30. The minimum absolute atomic E-state index is 0.0410. The molecule has 6 rings (SSSR count). The van der Waals surface area contributed by atoms with Crippen LogP contribution in [0.4, 0.5) is 5.69 Å². The first-order chi connectivity index (χ1) is 20.3. The summed E-state index contributed by atoms with van der Waals surface area (Å²) in [5, 5.41) is 0. The molecule has 0 unspecified atom stereocenters. The zero-order valence-electron chi connectivity index (χ0n) is 24.3. The van der Waals surface area contributed by atoms with Crippen LogP contribution in [-0.2, 0) is 5.41 Å². The smallest absolute Gasteiger partial charge is 0.457 e. The maximum atomic E-state index is 6.27. The Bertz CT molecular complexity index is 1860. The Labute approximate surface area is 247 Å². The van der Waals surface area contributed by atoms with Gasteiger partial charge in [-0.25, -0.2) is 0 Å². The fraction of sp³-hybridized carbons (Fsp3) is 0.135. The molecule has 5 heteroatoms. The van der Waals surface area contributed by atoms with Crippen molar-refractivity contribution in [2.45, 2.75) is 26.2 Å². The molecule has 0 fully saturated rings. The van der Waals surface area contributed by atoms with Crippen molar-refractivity contribution in [2.24, 2.45) is 0 Å². The molecule has 5 aromatic rings. The molecule has 0 amide bonds. The second kappa shape index (κ2) is 11.3. The van der Waals surface area contributed by atoms with Crippen LogP contribution in [0.2, 0.25) is 0 Å². The van der Waals surface area contributed by atoms with Crippen LogP contribution in [0.3, 0.4) is 0 Å². The molecule has 0 N–H and O–H groups in total. The number of pyridine rings is 1. The van der Waals surface area contributed by atoms with E-state index in [4.69, 9.17) is 14.5 Å². The molecule has 0 saturated heterocycles. The number of hydrogen-bond donors (Lipinski definition) is 0. The molecule has 1 aromatic heterocycles. The fourth-order valence-corrected chi connectivity index (χ4v) is 4.75. The summed E-state index contributed by atoms with van der Waals surface area (Å²) in [7, 11) is 1.95. The topological polar surface area (TPSA) is 37.4 Å². The molecule has 0 spiro atoms. The largest absolute Gasteiger partial charge is 0.495 e. The Morgan fingerprint density at radius 3 is 2.10 bits per heavy atom. The van der Waals surface area contributed by atoms with Gasteiger partial charge in [-0.05, 0) is 76.7 Å². The molecule has 5 nitrogen and oxygen atoms in total. The molecule has 0 aliphatic carbocycles. The Hall–Kier alpha value is -5.25. The highest BCUT2D eigenvalue weighted by atomic mass is 16.5. The van der Waals surface area contributed by atoms with Crippen molar-refractivity contribution < 1.29 is 18.6 Å². The van der Waals surface area contributed by atoms with Gasteiger partial charge in [0, 0.05) is 17.8 Å². The number of hydrogen-bond acceptors (Lipinski definition) is 3. The van der Waals surface area contributed by atoms with Crippen molar-refractivity contribution in [3.63, 3.8) is 0 Å². The van der Waals surface area contributed by atoms with Crippen LogP contribution in [0.1, 0.15) is 26.3 Å². The second-order valence-electron chi connectivity index (χ2n) is 11.3. The van der Waals surface area contributed by atoms with Crippen LogP contribution in [0.5, 0.6) is 23.0 Å². The normalized spacial score (nSPS) is 12.6. The van der Waals surface area contributed by atoms with Gasteiger partial charge in [-0.15, -0.1) is 0 Å². The van der Waals surface area contributed by atoms with Gasteiger partial charge in [-0.1, -0.05) is 72.4 Å².